The summed E-state index contributed by atoms with van der Waals surface area (Å²) in [5, 5.41) is 2.79. The van der Waals surface area contributed by atoms with E-state index in [0.29, 0.717) is 16.8 Å². The Morgan fingerprint density at radius 2 is 1.96 bits per heavy atom. The lowest BCUT2D eigenvalue weighted by Gasteiger charge is -2.15. The van der Waals surface area contributed by atoms with Crippen LogP contribution in [0.25, 0.3) is 0 Å². The Kier molecular flexibility index (Phi) is 7.08. The fraction of sp³-hybridized carbons (Fsp3) is 0.368. The number of rotatable bonds is 8. The van der Waals surface area contributed by atoms with Crippen LogP contribution in [0, 0.1) is 0 Å². The van der Waals surface area contributed by atoms with Crippen LogP contribution in [0.2, 0.25) is 0 Å². The zero-order valence-electron chi connectivity index (χ0n) is 15.4. The molecule has 0 saturated carbocycles. The number of hydrogen-bond acceptors (Lipinski definition) is 5. The largest absolute Gasteiger partial charge is 0.477 e. The fourth-order valence-corrected chi connectivity index (χ4v) is 2.34. The van der Waals surface area contributed by atoms with E-state index in [4.69, 9.17) is 4.74 Å². The molecule has 0 saturated heterocycles. The van der Waals surface area contributed by atoms with Gasteiger partial charge in [-0.15, -0.1) is 0 Å². The lowest BCUT2D eigenvalue weighted by atomic mass is 10.1. The van der Waals surface area contributed by atoms with E-state index in [2.05, 4.69) is 15.3 Å². The molecule has 0 spiro atoms. The number of Topliss-reactive ketones (excluding diaryl/α,β-unsaturated/α-hetero) is 1. The van der Waals surface area contributed by atoms with E-state index in [0.717, 1.165) is 0 Å². The van der Waals surface area contributed by atoms with Gasteiger partial charge in [-0.3, -0.25) is 14.6 Å². The van der Waals surface area contributed by atoms with Crippen LogP contribution in [0.4, 0.5) is 13.2 Å². The van der Waals surface area contributed by atoms with Crippen molar-refractivity contribution in [1.29, 1.82) is 0 Å². The van der Waals surface area contributed by atoms with Gasteiger partial charge in [-0.05, 0) is 31.5 Å². The molecule has 0 aliphatic heterocycles. The Morgan fingerprint density at radius 3 is 2.57 bits per heavy atom. The maximum absolute atomic E-state index is 12.4. The predicted molar refractivity (Wildman–Crippen MR) is 94.9 cm³/mol. The van der Waals surface area contributed by atoms with Crippen molar-refractivity contribution in [3.63, 3.8) is 0 Å². The van der Waals surface area contributed by atoms with Crippen LogP contribution in [0.1, 0.15) is 47.9 Å². The minimum absolute atomic E-state index is 0.0537. The number of carbonyl (C=O) groups excluding carboxylic acids is 2. The van der Waals surface area contributed by atoms with Crippen molar-refractivity contribution in [3.8, 4) is 5.88 Å². The molecule has 150 valence electrons. The normalized spacial score (nSPS) is 12.3. The molecule has 28 heavy (non-hydrogen) atoms. The van der Waals surface area contributed by atoms with Crippen LogP contribution >= 0.6 is 0 Å². The average molecular weight is 395 g/mol. The second kappa shape index (κ2) is 9.29. The first-order chi connectivity index (χ1) is 13.1. The quantitative estimate of drug-likeness (QED) is 0.741. The molecular weight excluding hydrogens is 375 g/mol. The Balaban J connectivity index is 1.94. The number of halogens is 3. The third kappa shape index (κ3) is 6.98. The molecule has 0 bridgehead atoms. The minimum Gasteiger partial charge on any atom is -0.477 e. The van der Waals surface area contributed by atoms with Gasteiger partial charge in [0.1, 0.15) is 5.78 Å². The van der Waals surface area contributed by atoms with Crippen LogP contribution in [-0.2, 0) is 11.2 Å². The molecule has 0 aromatic carbocycles. The zero-order chi connectivity index (χ0) is 20.7. The molecule has 2 aromatic rings. The summed E-state index contributed by atoms with van der Waals surface area (Å²) in [5.74, 6) is -0.318. The van der Waals surface area contributed by atoms with Gasteiger partial charge in [-0.1, -0.05) is 6.07 Å². The maximum Gasteiger partial charge on any atom is 0.392 e. The Labute approximate surface area is 160 Å². The van der Waals surface area contributed by atoms with E-state index in [1.165, 1.54) is 25.4 Å². The Hall–Kier alpha value is -2.97. The summed E-state index contributed by atoms with van der Waals surface area (Å²) >= 11 is 0. The number of ether oxygens (including phenoxy) is 1. The molecule has 1 unspecified atom stereocenters. The highest BCUT2D eigenvalue weighted by atomic mass is 19.4. The van der Waals surface area contributed by atoms with Crippen LogP contribution in [0.15, 0.2) is 36.7 Å². The van der Waals surface area contributed by atoms with Crippen LogP contribution < -0.4 is 10.1 Å². The van der Waals surface area contributed by atoms with Gasteiger partial charge in [0.25, 0.3) is 5.91 Å². The summed E-state index contributed by atoms with van der Waals surface area (Å²) in [5.41, 5.74) is 1.54. The predicted octanol–water partition coefficient (Wildman–Crippen LogP) is 3.43. The molecule has 9 heteroatoms. The van der Waals surface area contributed by atoms with Crippen molar-refractivity contribution in [1.82, 2.24) is 15.3 Å². The molecule has 1 atom stereocenters. The van der Waals surface area contributed by atoms with E-state index in [-0.39, 0.29) is 24.0 Å². The van der Waals surface area contributed by atoms with E-state index in [9.17, 15) is 22.8 Å². The molecule has 2 aromatic heterocycles. The number of ketones is 1. The molecule has 0 fully saturated rings. The third-order valence-electron chi connectivity index (χ3n) is 3.75. The second-order valence-electron chi connectivity index (χ2n) is 6.25. The van der Waals surface area contributed by atoms with Gasteiger partial charge in [0.2, 0.25) is 5.88 Å². The molecular formula is C19H20F3N3O3. The summed E-state index contributed by atoms with van der Waals surface area (Å²) < 4.78 is 41.3. The van der Waals surface area contributed by atoms with E-state index < -0.39 is 25.2 Å². The number of nitrogens with zero attached hydrogens (tertiary/aromatic N) is 2. The average Bonchev–Trinajstić information content (AvgIpc) is 2.61. The molecule has 0 aliphatic rings. The molecule has 2 rings (SSSR count). The number of carbonyl (C=O) groups is 2. The van der Waals surface area contributed by atoms with Gasteiger partial charge in [-0.25, -0.2) is 4.98 Å². The third-order valence-corrected chi connectivity index (χ3v) is 3.75. The van der Waals surface area contributed by atoms with Crippen LogP contribution in [0.3, 0.4) is 0 Å². The monoisotopic (exact) mass is 395 g/mol. The van der Waals surface area contributed by atoms with Gasteiger partial charge in [0, 0.05) is 36.1 Å². The number of pyridine rings is 2. The summed E-state index contributed by atoms with van der Waals surface area (Å²) in [7, 11) is 0. The number of aromatic nitrogens is 2. The second-order valence-corrected chi connectivity index (χ2v) is 6.25. The smallest absolute Gasteiger partial charge is 0.392 e. The number of hydrogen-bond donors (Lipinski definition) is 1. The highest BCUT2D eigenvalue weighted by molar-refractivity contribution is 5.94. The van der Waals surface area contributed by atoms with Crippen molar-refractivity contribution >= 4 is 11.7 Å². The van der Waals surface area contributed by atoms with Crippen LogP contribution in [0.5, 0.6) is 5.88 Å². The topological polar surface area (TPSA) is 81.2 Å². The van der Waals surface area contributed by atoms with Gasteiger partial charge >= 0.3 is 6.18 Å². The first kappa shape index (κ1) is 21.3. The SMILES string of the molecule is CC(=O)Cc1cc(C(=O)NC(C)c2ccc(OCCC(F)(F)F)nc2)ccn1. The minimum atomic E-state index is -4.28. The van der Waals surface area contributed by atoms with Crippen molar-refractivity contribution < 1.29 is 27.5 Å². The molecule has 0 aliphatic carbocycles. The summed E-state index contributed by atoms with van der Waals surface area (Å²) in [4.78, 5) is 31.6. The van der Waals surface area contributed by atoms with Gasteiger partial charge in [-0.2, -0.15) is 13.2 Å². The van der Waals surface area contributed by atoms with E-state index >= 15 is 0 Å². The first-order valence-electron chi connectivity index (χ1n) is 8.55. The summed E-state index contributed by atoms with van der Waals surface area (Å²) in [6.07, 6.45) is -2.29. The fourth-order valence-electron chi connectivity index (χ4n) is 2.34. The molecule has 0 radical (unpaired) electrons. The number of alkyl halides is 3. The van der Waals surface area contributed by atoms with Crippen molar-refractivity contribution in [2.45, 2.75) is 38.9 Å². The molecule has 1 N–H and O–H groups in total. The van der Waals surface area contributed by atoms with Crippen molar-refractivity contribution in [2.24, 2.45) is 0 Å². The van der Waals surface area contributed by atoms with E-state index in [1.54, 1.807) is 25.1 Å². The van der Waals surface area contributed by atoms with Gasteiger partial charge in [0.15, 0.2) is 0 Å². The first-order valence-corrected chi connectivity index (χ1v) is 8.55. The number of amides is 1. The van der Waals surface area contributed by atoms with Crippen molar-refractivity contribution in [3.05, 3.63) is 53.5 Å². The molecule has 6 nitrogen and oxygen atoms in total. The van der Waals surface area contributed by atoms with Crippen LogP contribution in [-0.4, -0.2) is 34.4 Å². The van der Waals surface area contributed by atoms with Gasteiger partial charge in [0.05, 0.1) is 19.1 Å². The Bertz CT molecular complexity index is 823. The maximum atomic E-state index is 12.4. The van der Waals surface area contributed by atoms with Crippen molar-refractivity contribution in [2.75, 3.05) is 6.61 Å². The summed E-state index contributed by atoms with van der Waals surface area (Å²) in [6.45, 7) is 2.68. The highest BCUT2D eigenvalue weighted by Crippen LogP contribution is 2.20. The van der Waals surface area contributed by atoms with Gasteiger partial charge < -0.3 is 10.1 Å². The summed E-state index contributed by atoms with van der Waals surface area (Å²) in [6, 6.07) is 5.77. The molecule has 1 amide bonds. The highest BCUT2D eigenvalue weighted by Gasteiger charge is 2.26. The Morgan fingerprint density at radius 1 is 1.21 bits per heavy atom. The lowest BCUT2D eigenvalue weighted by Crippen LogP contribution is -2.27. The standard InChI is InChI=1S/C19H20F3N3O3/c1-12(26)9-16-10-14(5-7-23-16)18(27)25-13(2)15-3-4-17(24-11-15)28-8-6-19(20,21)22/h3-5,7,10-11,13H,6,8-9H2,1-2H3,(H,25,27). The van der Waals surface area contributed by atoms with E-state index in [1.807, 2.05) is 0 Å². The zero-order valence-corrected chi connectivity index (χ0v) is 15.4. The number of nitrogens with one attached hydrogen (secondary N) is 1. The lowest BCUT2D eigenvalue weighted by molar-refractivity contribution is -0.139. The molecule has 2 heterocycles.